The van der Waals surface area contributed by atoms with Crippen molar-refractivity contribution in [1.29, 1.82) is 0 Å². The van der Waals surface area contributed by atoms with E-state index in [4.69, 9.17) is 4.74 Å². The molecule has 0 unspecified atom stereocenters. The van der Waals surface area contributed by atoms with E-state index in [1.807, 2.05) is 48.5 Å². The maximum atomic E-state index is 12.3. The fourth-order valence-corrected chi connectivity index (χ4v) is 3.85. The monoisotopic (exact) mass is 394 g/mol. The molecule has 2 aromatic carbocycles. The van der Waals surface area contributed by atoms with Crippen molar-refractivity contribution in [2.24, 2.45) is 0 Å². The van der Waals surface area contributed by atoms with Gasteiger partial charge in [-0.1, -0.05) is 48.5 Å². The molecule has 1 atom stereocenters. The molecule has 29 heavy (non-hydrogen) atoms. The summed E-state index contributed by atoms with van der Waals surface area (Å²) in [7, 11) is 0. The number of benzene rings is 2. The average molecular weight is 394 g/mol. The molecule has 2 amide bonds. The van der Waals surface area contributed by atoms with Gasteiger partial charge in [0.25, 0.3) is 0 Å². The molecule has 1 heterocycles. The molecule has 150 valence electrons. The number of hydrogen-bond donors (Lipinski definition) is 2. The number of carboxylic acids is 1. The molecule has 0 saturated carbocycles. The van der Waals surface area contributed by atoms with Crippen LogP contribution in [0, 0.1) is 0 Å². The summed E-state index contributed by atoms with van der Waals surface area (Å²) in [4.78, 5) is 37.3. The van der Waals surface area contributed by atoms with Gasteiger partial charge >= 0.3 is 12.1 Å². The lowest BCUT2D eigenvalue weighted by atomic mass is 9.98. The predicted molar refractivity (Wildman–Crippen MR) is 105 cm³/mol. The number of fused-ring (bicyclic) bond motifs is 3. The molecule has 0 spiro atoms. The SMILES string of the molecule is O=C(N[C@@H](CC(=O)N1CCC1)C(=O)O)OCC1c2ccccc2-c2ccccc21. The van der Waals surface area contributed by atoms with Gasteiger partial charge in [-0.3, -0.25) is 4.79 Å². The zero-order valence-electron chi connectivity index (χ0n) is 15.8. The number of rotatable bonds is 6. The molecule has 0 aromatic heterocycles. The molecule has 7 heteroatoms. The highest BCUT2D eigenvalue weighted by Crippen LogP contribution is 2.44. The quantitative estimate of drug-likeness (QED) is 0.785. The molecule has 2 N–H and O–H groups in total. The highest BCUT2D eigenvalue weighted by molar-refractivity contribution is 5.87. The summed E-state index contributed by atoms with van der Waals surface area (Å²) < 4.78 is 5.36. The number of amides is 2. The molecule has 1 aliphatic heterocycles. The summed E-state index contributed by atoms with van der Waals surface area (Å²) in [5, 5.41) is 11.7. The molecule has 2 aliphatic rings. The van der Waals surface area contributed by atoms with Crippen LogP contribution >= 0.6 is 0 Å². The number of hydrogen-bond acceptors (Lipinski definition) is 4. The first-order valence-electron chi connectivity index (χ1n) is 9.66. The van der Waals surface area contributed by atoms with E-state index in [1.54, 1.807) is 4.90 Å². The molecule has 0 bridgehead atoms. The third kappa shape index (κ3) is 3.81. The molecule has 7 nitrogen and oxygen atoms in total. The maximum Gasteiger partial charge on any atom is 0.407 e. The minimum atomic E-state index is -1.31. The normalized spacial score (nSPS) is 15.7. The number of carbonyl (C=O) groups is 3. The Labute approximate surface area is 168 Å². The molecule has 1 saturated heterocycles. The first-order chi connectivity index (χ1) is 14.0. The van der Waals surface area contributed by atoms with Gasteiger partial charge in [0.2, 0.25) is 5.91 Å². The van der Waals surface area contributed by atoms with Crippen molar-refractivity contribution in [2.75, 3.05) is 19.7 Å². The van der Waals surface area contributed by atoms with Crippen LogP contribution in [0.1, 0.15) is 29.9 Å². The van der Waals surface area contributed by atoms with Gasteiger partial charge in [0.15, 0.2) is 0 Å². The van der Waals surface area contributed by atoms with Gasteiger partial charge in [0, 0.05) is 19.0 Å². The number of carboxylic acid groups (broad SMARTS) is 1. The van der Waals surface area contributed by atoms with E-state index in [2.05, 4.69) is 5.32 Å². The van der Waals surface area contributed by atoms with Crippen molar-refractivity contribution in [1.82, 2.24) is 10.2 Å². The third-order valence-corrected chi connectivity index (χ3v) is 5.52. The minimum absolute atomic E-state index is 0.0896. The fraction of sp³-hybridized carbons (Fsp3) is 0.318. The van der Waals surface area contributed by atoms with E-state index >= 15 is 0 Å². The van der Waals surface area contributed by atoms with Crippen molar-refractivity contribution in [3.63, 3.8) is 0 Å². The second kappa shape index (κ2) is 7.95. The van der Waals surface area contributed by atoms with Gasteiger partial charge in [-0.25, -0.2) is 9.59 Å². The van der Waals surface area contributed by atoms with Crippen LogP contribution in [-0.2, 0) is 14.3 Å². The molecular formula is C22H22N2O5. The second-order valence-corrected chi connectivity index (χ2v) is 7.30. The predicted octanol–water partition coefficient (Wildman–Crippen LogP) is 2.60. The molecule has 2 aromatic rings. The van der Waals surface area contributed by atoms with E-state index in [0.29, 0.717) is 13.1 Å². The molecule has 1 aliphatic carbocycles. The second-order valence-electron chi connectivity index (χ2n) is 7.30. The Hall–Kier alpha value is -3.35. The van der Waals surface area contributed by atoms with E-state index in [-0.39, 0.29) is 24.9 Å². The van der Waals surface area contributed by atoms with E-state index in [1.165, 1.54) is 0 Å². The molecule has 1 fully saturated rings. The number of aliphatic carboxylic acids is 1. The maximum absolute atomic E-state index is 12.3. The Kier molecular flexibility index (Phi) is 5.20. The highest BCUT2D eigenvalue weighted by Gasteiger charge is 2.31. The first-order valence-corrected chi connectivity index (χ1v) is 9.66. The van der Waals surface area contributed by atoms with Crippen LogP contribution in [0.15, 0.2) is 48.5 Å². The number of nitrogens with one attached hydrogen (secondary N) is 1. The summed E-state index contributed by atoms with van der Waals surface area (Å²) in [5.74, 6) is -1.64. The third-order valence-electron chi connectivity index (χ3n) is 5.52. The zero-order chi connectivity index (χ0) is 20.4. The van der Waals surface area contributed by atoms with Gasteiger partial charge in [-0.05, 0) is 28.7 Å². The highest BCUT2D eigenvalue weighted by atomic mass is 16.5. The van der Waals surface area contributed by atoms with E-state index in [0.717, 1.165) is 28.7 Å². The van der Waals surface area contributed by atoms with Gasteiger partial charge < -0.3 is 20.1 Å². The Balaban J connectivity index is 1.40. The van der Waals surface area contributed by atoms with Gasteiger partial charge in [-0.15, -0.1) is 0 Å². The summed E-state index contributed by atoms with van der Waals surface area (Å²) in [5.41, 5.74) is 4.37. The zero-order valence-corrected chi connectivity index (χ0v) is 15.8. The van der Waals surface area contributed by atoms with Crippen molar-refractivity contribution in [2.45, 2.75) is 24.8 Å². The summed E-state index contributed by atoms with van der Waals surface area (Å²) in [6, 6.07) is 14.6. The average Bonchev–Trinajstić information content (AvgIpc) is 2.98. The minimum Gasteiger partial charge on any atom is -0.480 e. The summed E-state index contributed by atoms with van der Waals surface area (Å²) >= 11 is 0. The van der Waals surface area contributed by atoms with Crippen LogP contribution in [0.2, 0.25) is 0 Å². The van der Waals surface area contributed by atoms with Gasteiger partial charge in [-0.2, -0.15) is 0 Å². The topological polar surface area (TPSA) is 95.9 Å². The fourth-order valence-electron chi connectivity index (χ4n) is 3.85. The van der Waals surface area contributed by atoms with E-state index in [9.17, 15) is 19.5 Å². The lowest BCUT2D eigenvalue weighted by molar-refractivity contribution is -0.144. The van der Waals surface area contributed by atoms with Crippen molar-refractivity contribution in [3.05, 3.63) is 59.7 Å². The Morgan fingerprint density at radius 3 is 2.14 bits per heavy atom. The van der Waals surface area contributed by atoms with Crippen LogP contribution in [-0.4, -0.2) is 53.7 Å². The first kappa shape index (κ1) is 19.0. The van der Waals surface area contributed by atoms with Gasteiger partial charge in [0.05, 0.1) is 6.42 Å². The number of alkyl carbamates (subject to hydrolysis) is 1. The van der Waals surface area contributed by atoms with Crippen LogP contribution in [0.4, 0.5) is 4.79 Å². The molecule has 0 radical (unpaired) electrons. The number of nitrogens with zero attached hydrogens (tertiary/aromatic N) is 1. The van der Waals surface area contributed by atoms with E-state index < -0.39 is 18.1 Å². The largest absolute Gasteiger partial charge is 0.480 e. The van der Waals surface area contributed by atoms with Crippen molar-refractivity contribution >= 4 is 18.0 Å². The van der Waals surface area contributed by atoms with Crippen LogP contribution in [0.25, 0.3) is 11.1 Å². The Bertz CT molecular complexity index is 908. The number of carbonyl (C=O) groups excluding carboxylic acids is 2. The lowest BCUT2D eigenvalue weighted by Gasteiger charge is -2.31. The van der Waals surface area contributed by atoms with Crippen LogP contribution in [0.3, 0.4) is 0 Å². The van der Waals surface area contributed by atoms with Crippen molar-refractivity contribution in [3.8, 4) is 11.1 Å². The molecule has 4 rings (SSSR count). The van der Waals surface area contributed by atoms with Crippen LogP contribution in [0.5, 0.6) is 0 Å². The lowest BCUT2D eigenvalue weighted by Crippen LogP contribution is -2.48. The summed E-state index contributed by atoms with van der Waals surface area (Å²) in [6.07, 6.45) is -0.196. The van der Waals surface area contributed by atoms with Crippen LogP contribution < -0.4 is 5.32 Å². The smallest absolute Gasteiger partial charge is 0.407 e. The molecular weight excluding hydrogens is 372 g/mol. The van der Waals surface area contributed by atoms with Gasteiger partial charge in [0.1, 0.15) is 12.6 Å². The number of ether oxygens (including phenoxy) is 1. The Morgan fingerprint density at radius 1 is 1.03 bits per heavy atom. The number of likely N-dealkylation sites (tertiary alicyclic amines) is 1. The standard InChI is InChI=1S/C22H22N2O5/c25-20(24-10-5-11-24)12-19(21(26)27)23-22(28)29-13-18-16-8-3-1-6-14(16)15-7-2-4-9-17(15)18/h1-4,6-9,18-19H,5,10-13H2,(H,23,28)(H,26,27)/t19-/m0/s1. The Morgan fingerprint density at radius 2 is 1.62 bits per heavy atom. The summed E-state index contributed by atoms with van der Waals surface area (Å²) in [6.45, 7) is 1.36. The van der Waals surface area contributed by atoms with Crippen molar-refractivity contribution < 1.29 is 24.2 Å².